The lowest BCUT2D eigenvalue weighted by molar-refractivity contribution is 0.117. The summed E-state index contributed by atoms with van der Waals surface area (Å²) >= 11 is 0. The molecule has 1 N–H and O–H groups in total. The highest BCUT2D eigenvalue weighted by Gasteiger charge is 2.27. The second kappa shape index (κ2) is 5.82. The van der Waals surface area contributed by atoms with E-state index in [0.29, 0.717) is 6.61 Å². The Morgan fingerprint density at radius 3 is 2.67 bits per heavy atom. The third kappa shape index (κ3) is 4.49. The molecule has 1 aliphatic rings. The van der Waals surface area contributed by atoms with E-state index in [1.165, 1.54) is 0 Å². The summed E-state index contributed by atoms with van der Waals surface area (Å²) in [5.74, 6) is 0.240. The van der Waals surface area contributed by atoms with E-state index < -0.39 is 10.0 Å². The third-order valence-electron chi connectivity index (χ3n) is 2.72. The van der Waals surface area contributed by atoms with Crippen LogP contribution in [0.1, 0.15) is 39.5 Å². The van der Waals surface area contributed by atoms with Crippen LogP contribution in [0.3, 0.4) is 0 Å². The van der Waals surface area contributed by atoms with Gasteiger partial charge in [-0.05, 0) is 19.8 Å². The van der Waals surface area contributed by atoms with Crippen molar-refractivity contribution in [3.63, 3.8) is 0 Å². The summed E-state index contributed by atoms with van der Waals surface area (Å²) in [5, 5.41) is 0. The highest BCUT2D eigenvalue weighted by molar-refractivity contribution is 7.89. The van der Waals surface area contributed by atoms with E-state index in [2.05, 4.69) is 11.6 Å². The highest BCUT2D eigenvalue weighted by Crippen LogP contribution is 2.13. The fourth-order valence-electron chi connectivity index (χ4n) is 1.72. The maximum absolute atomic E-state index is 11.6. The zero-order chi connectivity index (χ0) is 11.3. The number of hydrogen-bond donors (Lipinski definition) is 1. The first-order valence-electron chi connectivity index (χ1n) is 5.67. The maximum Gasteiger partial charge on any atom is 0.211 e. The van der Waals surface area contributed by atoms with Crippen molar-refractivity contribution in [3.05, 3.63) is 0 Å². The summed E-state index contributed by atoms with van der Waals surface area (Å²) in [5.41, 5.74) is 0. The van der Waals surface area contributed by atoms with Crippen molar-refractivity contribution in [2.45, 2.75) is 51.7 Å². The first-order chi connectivity index (χ1) is 7.05. The zero-order valence-electron chi connectivity index (χ0n) is 9.53. The summed E-state index contributed by atoms with van der Waals surface area (Å²) in [6.45, 7) is 4.63. The molecule has 0 amide bonds. The van der Waals surface area contributed by atoms with Crippen LogP contribution in [0.4, 0.5) is 0 Å². The number of unbranched alkanes of at least 4 members (excludes halogenated alkanes) is 2. The summed E-state index contributed by atoms with van der Waals surface area (Å²) in [6.07, 6.45) is 3.55. The Hall–Kier alpha value is -0.130. The van der Waals surface area contributed by atoms with Gasteiger partial charge >= 0.3 is 0 Å². The van der Waals surface area contributed by atoms with Gasteiger partial charge in [-0.15, -0.1) is 0 Å². The molecule has 0 radical (unpaired) electrons. The van der Waals surface area contributed by atoms with Crippen LogP contribution in [0, 0.1) is 0 Å². The number of rotatable bonds is 6. The zero-order valence-corrected chi connectivity index (χ0v) is 10.3. The first-order valence-corrected chi connectivity index (χ1v) is 7.32. The van der Waals surface area contributed by atoms with E-state index >= 15 is 0 Å². The lowest BCUT2D eigenvalue weighted by atomic mass is 10.2. The number of ether oxygens (including phenoxy) is 1. The molecule has 0 bridgehead atoms. The molecule has 0 unspecified atom stereocenters. The van der Waals surface area contributed by atoms with Gasteiger partial charge in [0.15, 0.2) is 0 Å². The fraction of sp³-hybridized carbons (Fsp3) is 1.00. The molecule has 5 heteroatoms. The Balaban J connectivity index is 2.35. The minimum Gasteiger partial charge on any atom is -0.377 e. The van der Waals surface area contributed by atoms with Gasteiger partial charge in [0.25, 0.3) is 0 Å². The van der Waals surface area contributed by atoms with E-state index in [1.54, 1.807) is 0 Å². The van der Waals surface area contributed by atoms with Crippen molar-refractivity contribution in [3.8, 4) is 0 Å². The van der Waals surface area contributed by atoms with Crippen molar-refractivity contribution >= 4 is 10.0 Å². The van der Waals surface area contributed by atoms with Crippen LogP contribution in [0.5, 0.6) is 0 Å². The van der Waals surface area contributed by atoms with Gasteiger partial charge in [0.05, 0.1) is 11.9 Å². The molecule has 1 rings (SSSR count). The second-order valence-electron chi connectivity index (χ2n) is 4.11. The van der Waals surface area contributed by atoms with Gasteiger partial charge in [-0.1, -0.05) is 19.8 Å². The lowest BCUT2D eigenvalue weighted by Gasteiger charge is -2.15. The van der Waals surface area contributed by atoms with Crippen LogP contribution >= 0.6 is 0 Å². The molecular weight excluding hydrogens is 214 g/mol. The van der Waals surface area contributed by atoms with Crippen LogP contribution in [0.15, 0.2) is 0 Å². The van der Waals surface area contributed by atoms with E-state index in [0.717, 1.165) is 25.7 Å². The quantitative estimate of drug-likeness (QED) is 0.705. The number of sulfonamides is 1. The third-order valence-corrected chi connectivity index (χ3v) is 4.21. The topological polar surface area (TPSA) is 55.4 Å². The lowest BCUT2D eigenvalue weighted by Crippen LogP contribution is -2.40. The van der Waals surface area contributed by atoms with Gasteiger partial charge in [0.2, 0.25) is 10.0 Å². The minimum absolute atomic E-state index is 0.00551. The SMILES string of the molecule is CCCCCS(=O)(=O)N[C@H]1CCO[C@@H]1C. The molecule has 0 saturated carbocycles. The van der Waals surface area contributed by atoms with Crippen molar-refractivity contribution in [2.75, 3.05) is 12.4 Å². The number of nitrogens with one attached hydrogen (secondary N) is 1. The molecule has 0 aromatic rings. The molecule has 2 atom stereocenters. The van der Waals surface area contributed by atoms with Crippen molar-refractivity contribution in [1.29, 1.82) is 0 Å². The second-order valence-corrected chi connectivity index (χ2v) is 5.99. The molecule has 0 spiro atoms. The largest absolute Gasteiger partial charge is 0.377 e. The average molecular weight is 235 g/mol. The Morgan fingerprint density at radius 1 is 1.40 bits per heavy atom. The minimum atomic E-state index is -3.10. The Labute approximate surface area is 92.4 Å². The summed E-state index contributed by atoms with van der Waals surface area (Å²) in [7, 11) is -3.10. The first kappa shape index (κ1) is 12.9. The molecule has 0 aromatic heterocycles. The van der Waals surface area contributed by atoms with Gasteiger partial charge in [0.1, 0.15) is 0 Å². The van der Waals surface area contributed by atoms with Crippen LogP contribution in [0.25, 0.3) is 0 Å². The molecule has 0 aromatic carbocycles. The summed E-state index contributed by atoms with van der Waals surface area (Å²) < 4.78 is 31.3. The van der Waals surface area contributed by atoms with Crippen molar-refractivity contribution < 1.29 is 13.2 Å². The van der Waals surface area contributed by atoms with Gasteiger partial charge in [-0.2, -0.15) is 0 Å². The van der Waals surface area contributed by atoms with Gasteiger partial charge in [0, 0.05) is 12.6 Å². The summed E-state index contributed by atoms with van der Waals surface area (Å²) in [4.78, 5) is 0. The predicted molar refractivity (Wildman–Crippen MR) is 60.3 cm³/mol. The maximum atomic E-state index is 11.6. The Kier molecular flexibility index (Phi) is 5.02. The Morgan fingerprint density at radius 2 is 2.13 bits per heavy atom. The smallest absolute Gasteiger partial charge is 0.211 e. The Bertz CT molecular complexity index is 276. The highest BCUT2D eigenvalue weighted by atomic mass is 32.2. The van der Waals surface area contributed by atoms with E-state index in [9.17, 15) is 8.42 Å². The summed E-state index contributed by atoms with van der Waals surface area (Å²) in [6, 6.07) is -0.0309. The van der Waals surface area contributed by atoms with Crippen LogP contribution in [0.2, 0.25) is 0 Å². The molecular formula is C10H21NO3S. The van der Waals surface area contributed by atoms with E-state index in [-0.39, 0.29) is 17.9 Å². The molecule has 4 nitrogen and oxygen atoms in total. The average Bonchev–Trinajstić information content (AvgIpc) is 2.51. The van der Waals surface area contributed by atoms with Crippen LogP contribution < -0.4 is 4.72 Å². The van der Waals surface area contributed by atoms with Crippen molar-refractivity contribution in [2.24, 2.45) is 0 Å². The van der Waals surface area contributed by atoms with Crippen LogP contribution in [-0.2, 0) is 14.8 Å². The molecule has 1 saturated heterocycles. The standard InChI is InChI=1S/C10H21NO3S/c1-3-4-5-8-15(12,13)11-10-6-7-14-9(10)2/h9-11H,3-8H2,1-2H3/t9-,10+/m1/s1. The van der Waals surface area contributed by atoms with Crippen molar-refractivity contribution in [1.82, 2.24) is 4.72 Å². The van der Waals surface area contributed by atoms with E-state index in [1.807, 2.05) is 6.92 Å². The molecule has 90 valence electrons. The molecule has 1 fully saturated rings. The normalized spacial score (nSPS) is 27.1. The number of hydrogen-bond acceptors (Lipinski definition) is 3. The van der Waals surface area contributed by atoms with E-state index in [4.69, 9.17) is 4.74 Å². The van der Waals surface area contributed by atoms with Gasteiger partial charge in [-0.25, -0.2) is 13.1 Å². The fourth-order valence-corrected chi connectivity index (χ4v) is 3.19. The molecule has 15 heavy (non-hydrogen) atoms. The monoisotopic (exact) mass is 235 g/mol. The van der Waals surface area contributed by atoms with Gasteiger partial charge < -0.3 is 4.74 Å². The molecule has 1 heterocycles. The predicted octanol–water partition coefficient (Wildman–Crippen LogP) is 1.27. The van der Waals surface area contributed by atoms with Crippen LogP contribution in [-0.4, -0.2) is 32.9 Å². The molecule has 1 aliphatic heterocycles. The van der Waals surface area contributed by atoms with Gasteiger partial charge in [-0.3, -0.25) is 0 Å². The molecule has 0 aliphatic carbocycles.